The van der Waals surface area contributed by atoms with E-state index in [1.807, 2.05) is 0 Å². The Hall–Kier alpha value is -0.120. The van der Waals surface area contributed by atoms with Crippen LogP contribution < -0.4 is 5.32 Å². The van der Waals surface area contributed by atoms with Crippen LogP contribution in [0.25, 0.3) is 0 Å². The molecule has 1 heterocycles. The fourth-order valence-electron chi connectivity index (χ4n) is 2.84. The zero-order valence-electron chi connectivity index (χ0n) is 11.5. The van der Waals surface area contributed by atoms with Crippen molar-refractivity contribution in [2.24, 2.45) is 0 Å². The maximum atomic E-state index is 3.34. The van der Waals surface area contributed by atoms with E-state index in [0.717, 1.165) is 12.6 Å². The Labute approximate surface area is 101 Å². The summed E-state index contributed by atoms with van der Waals surface area (Å²) in [6.45, 7) is 9.51. The zero-order valence-corrected chi connectivity index (χ0v) is 11.5. The van der Waals surface area contributed by atoms with Gasteiger partial charge in [0.25, 0.3) is 0 Å². The van der Waals surface area contributed by atoms with Crippen molar-refractivity contribution in [2.75, 3.05) is 40.3 Å². The molecule has 1 aliphatic heterocycles. The molecule has 0 spiro atoms. The molecule has 1 saturated heterocycles. The highest BCUT2D eigenvalue weighted by Gasteiger charge is 2.26. The summed E-state index contributed by atoms with van der Waals surface area (Å²) in [6, 6.07) is 1.45. The molecule has 1 fully saturated rings. The highest BCUT2D eigenvalue weighted by molar-refractivity contribution is 4.83. The molecular weight excluding hydrogens is 198 g/mol. The number of likely N-dealkylation sites (N-methyl/N-ethyl adjacent to an activating group) is 2. The average molecular weight is 227 g/mol. The standard InChI is InChI=1S/C13H29N3/c1-5-12(10-14-3)16-9-7-8-15(4)11-13(16)6-2/h12-14H,5-11H2,1-4H3. The van der Waals surface area contributed by atoms with Crippen molar-refractivity contribution in [1.82, 2.24) is 15.1 Å². The van der Waals surface area contributed by atoms with Gasteiger partial charge in [0.2, 0.25) is 0 Å². The lowest BCUT2D eigenvalue weighted by molar-refractivity contribution is 0.123. The van der Waals surface area contributed by atoms with E-state index < -0.39 is 0 Å². The van der Waals surface area contributed by atoms with Crippen molar-refractivity contribution in [1.29, 1.82) is 0 Å². The molecule has 0 amide bonds. The number of hydrogen-bond acceptors (Lipinski definition) is 3. The van der Waals surface area contributed by atoms with Crippen LogP contribution in [0.1, 0.15) is 33.1 Å². The van der Waals surface area contributed by atoms with Crippen LogP contribution in [-0.4, -0.2) is 62.2 Å². The monoisotopic (exact) mass is 227 g/mol. The molecule has 2 atom stereocenters. The van der Waals surface area contributed by atoms with Crippen LogP contribution in [-0.2, 0) is 0 Å². The van der Waals surface area contributed by atoms with Crippen LogP contribution in [0, 0.1) is 0 Å². The minimum Gasteiger partial charge on any atom is -0.318 e. The highest BCUT2D eigenvalue weighted by atomic mass is 15.3. The number of hydrogen-bond donors (Lipinski definition) is 1. The lowest BCUT2D eigenvalue weighted by Crippen LogP contribution is -2.49. The van der Waals surface area contributed by atoms with Gasteiger partial charge in [-0.1, -0.05) is 13.8 Å². The molecule has 3 heteroatoms. The molecule has 0 aliphatic carbocycles. The maximum Gasteiger partial charge on any atom is 0.0223 e. The Kier molecular flexibility index (Phi) is 6.32. The van der Waals surface area contributed by atoms with Crippen LogP contribution in [0.15, 0.2) is 0 Å². The lowest BCUT2D eigenvalue weighted by atomic mass is 10.1. The molecule has 0 aromatic rings. The summed E-state index contributed by atoms with van der Waals surface area (Å²) >= 11 is 0. The minimum atomic E-state index is 0.710. The van der Waals surface area contributed by atoms with Crippen molar-refractivity contribution in [3.63, 3.8) is 0 Å². The zero-order chi connectivity index (χ0) is 12.0. The molecule has 1 rings (SSSR count). The maximum absolute atomic E-state index is 3.34. The van der Waals surface area contributed by atoms with Crippen LogP contribution in [0.2, 0.25) is 0 Å². The van der Waals surface area contributed by atoms with Gasteiger partial charge in [-0.25, -0.2) is 0 Å². The van der Waals surface area contributed by atoms with Gasteiger partial charge < -0.3 is 10.2 Å². The first-order chi connectivity index (χ1) is 7.72. The third-order valence-electron chi connectivity index (χ3n) is 3.80. The normalized spacial score (nSPS) is 26.6. The Morgan fingerprint density at radius 1 is 1.31 bits per heavy atom. The van der Waals surface area contributed by atoms with Crippen molar-refractivity contribution < 1.29 is 0 Å². The van der Waals surface area contributed by atoms with E-state index in [2.05, 4.69) is 43.1 Å². The molecule has 3 nitrogen and oxygen atoms in total. The predicted molar refractivity (Wildman–Crippen MR) is 70.9 cm³/mol. The molecule has 0 radical (unpaired) electrons. The molecule has 2 unspecified atom stereocenters. The fraction of sp³-hybridized carbons (Fsp3) is 1.00. The number of nitrogens with one attached hydrogen (secondary N) is 1. The molecular formula is C13H29N3. The molecule has 0 saturated carbocycles. The van der Waals surface area contributed by atoms with E-state index in [-0.39, 0.29) is 0 Å². The second kappa shape index (κ2) is 7.25. The molecule has 96 valence electrons. The summed E-state index contributed by atoms with van der Waals surface area (Å²) in [5, 5.41) is 3.34. The molecule has 0 bridgehead atoms. The van der Waals surface area contributed by atoms with Gasteiger partial charge in [-0.05, 0) is 39.9 Å². The SMILES string of the molecule is CCC(CNC)N1CCCN(C)CC1CC. The predicted octanol–water partition coefficient (Wildman–Crippen LogP) is 1.40. The van der Waals surface area contributed by atoms with Gasteiger partial charge in [-0.3, -0.25) is 4.90 Å². The van der Waals surface area contributed by atoms with E-state index in [1.165, 1.54) is 38.9 Å². The summed E-state index contributed by atoms with van der Waals surface area (Å²) in [7, 11) is 4.32. The van der Waals surface area contributed by atoms with Crippen LogP contribution in [0.5, 0.6) is 0 Å². The Balaban J connectivity index is 2.65. The average Bonchev–Trinajstić information content (AvgIpc) is 2.47. The van der Waals surface area contributed by atoms with Crippen molar-refractivity contribution >= 4 is 0 Å². The second-order valence-corrected chi connectivity index (χ2v) is 5.04. The van der Waals surface area contributed by atoms with E-state index in [0.29, 0.717) is 6.04 Å². The summed E-state index contributed by atoms with van der Waals surface area (Å²) < 4.78 is 0. The summed E-state index contributed by atoms with van der Waals surface area (Å²) in [5.74, 6) is 0. The summed E-state index contributed by atoms with van der Waals surface area (Å²) in [6.07, 6.45) is 3.83. The minimum absolute atomic E-state index is 0.710. The summed E-state index contributed by atoms with van der Waals surface area (Å²) in [5.41, 5.74) is 0. The van der Waals surface area contributed by atoms with Crippen molar-refractivity contribution in [3.05, 3.63) is 0 Å². The Morgan fingerprint density at radius 2 is 2.06 bits per heavy atom. The number of nitrogens with zero attached hydrogens (tertiary/aromatic N) is 2. The number of rotatable bonds is 5. The topological polar surface area (TPSA) is 18.5 Å². The Morgan fingerprint density at radius 3 is 2.62 bits per heavy atom. The first kappa shape index (κ1) is 13.9. The summed E-state index contributed by atoms with van der Waals surface area (Å²) in [4.78, 5) is 5.22. The first-order valence-electron chi connectivity index (χ1n) is 6.81. The largest absolute Gasteiger partial charge is 0.318 e. The van der Waals surface area contributed by atoms with Gasteiger partial charge >= 0.3 is 0 Å². The van der Waals surface area contributed by atoms with Crippen LogP contribution in [0.4, 0.5) is 0 Å². The third-order valence-corrected chi connectivity index (χ3v) is 3.80. The van der Waals surface area contributed by atoms with Crippen molar-refractivity contribution in [2.45, 2.75) is 45.2 Å². The van der Waals surface area contributed by atoms with Gasteiger partial charge in [0.1, 0.15) is 0 Å². The molecule has 16 heavy (non-hydrogen) atoms. The van der Waals surface area contributed by atoms with E-state index in [9.17, 15) is 0 Å². The van der Waals surface area contributed by atoms with Gasteiger partial charge in [0.15, 0.2) is 0 Å². The molecule has 1 N–H and O–H groups in total. The van der Waals surface area contributed by atoms with Gasteiger partial charge in [0.05, 0.1) is 0 Å². The molecule has 0 aromatic heterocycles. The first-order valence-corrected chi connectivity index (χ1v) is 6.81. The van der Waals surface area contributed by atoms with Gasteiger partial charge in [-0.15, -0.1) is 0 Å². The molecule has 0 aromatic carbocycles. The van der Waals surface area contributed by atoms with E-state index >= 15 is 0 Å². The van der Waals surface area contributed by atoms with Gasteiger partial charge in [0, 0.05) is 31.7 Å². The lowest BCUT2D eigenvalue weighted by Gasteiger charge is -2.36. The quantitative estimate of drug-likeness (QED) is 0.766. The smallest absolute Gasteiger partial charge is 0.0223 e. The van der Waals surface area contributed by atoms with Crippen LogP contribution in [0.3, 0.4) is 0 Å². The molecule has 1 aliphatic rings. The van der Waals surface area contributed by atoms with Crippen LogP contribution >= 0.6 is 0 Å². The van der Waals surface area contributed by atoms with E-state index in [1.54, 1.807) is 0 Å². The van der Waals surface area contributed by atoms with Gasteiger partial charge in [-0.2, -0.15) is 0 Å². The fourth-order valence-corrected chi connectivity index (χ4v) is 2.84. The second-order valence-electron chi connectivity index (χ2n) is 5.04. The van der Waals surface area contributed by atoms with E-state index in [4.69, 9.17) is 0 Å². The third kappa shape index (κ3) is 3.72. The Bertz CT molecular complexity index is 184. The van der Waals surface area contributed by atoms with Crippen molar-refractivity contribution in [3.8, 4) is 0 Å². The highest BCUT2D eigenvalue weighted by Crippen LogP contribution is 2.16.